The summed E-state index contributed by atoms with van der Waals surface area (Å²) >= 11 is 0. The molecule has 32 heavy (non-hydrogen) atoms. The number of carbonyl (C=O) groups excluding carboxylic acids is 1. The van der Waals surface area contributed by atoms with Crippen molar-refractivity contribution in [3.63, 3.8) is 0 Å². The van der Waals surface area contributed by atoms with Crippen molar-refractivity contribution in [1.29, 1.82) is 0 Å². The third kappa shape index (κ3) is 2.66. The number of hydrogen-bond donors (Lipinski definition) is 0. The summed E-state index contributed by atoms with van der Waals surface area (Å²) in [7, 11) is 0.882. The first-order valence-electron chi connectivity index (χ1n) is 10.7. The van der Waals surface area contributed by atoms with Gasteiger partial charge in [0.15, 0.2) is 0 Å². The molecule has 1 heterocycles. The maximum Gasteiger partial charge on any atom is 0.432 e. The molecule has 2 unspecified atom stereocenters. The second-order valence-corrected chi connectivity index (χ2v) is 9.05. The zero-order valence-electron chi connectivity index (χ0n) is 17.9. The molecule has 1 aliphatic heterocycles. The van der Waals surface area contributed by atoms with E-state index in [1.165, 1.54) is 24.3 Å². The summed E-state index contributed by atoms with van der Waals surface area (Å²) in [5, 5.41) is 0. The van der Waals surface area contributed by atoms with E-state index in [9.17, 15) is 18.0 Å². The third-order valence-corrected chi connectivity index (χ3v) is 7.73. The van der Waals surface area contributed by atoms with Crippen molar-refractivity contribution < 1.29 is 36.9 Å². The minimum absolute atomic E-state index is 0.0215. The predicted octanol–water partition coefficient (Wildman–Crippen LogP) is 4.43. The van der Waals surface area contributed by atoms with Gasteiger partial charge >= 0.3 is 12.1 Å². The molecular formula is C24H25F3O5. The van der Waals surface area contributed by atoms with E-state index in [1.54, 1.807) is 6.07 Å². The third-order valence-electron chi connectivity index (χ3n) is 7.73. The van der Waals surface area contributed by atoms with E-state index in [1.807, 2.05) is 0 Å². The van der Waals surface area contributed by atoms with Crippen molar-refractivity contribution >= 4 is 5.97 Å². The fraction of sp³-hybridized carbons (Fsp3) is 0.542. The van der Waals surface area contributed by atoms with Gasteiger partial charge in [0.1, 0.15) is 18.5 Å². The van der Waals surface area contributed by atoms with Crippen LogP contribution in [0.25, 0.3) is 0 Å². The molecule has 1 fully saturated rings. The Balaban J connectivity index is 1.48. The number of esters is 1. The van der Waals surface area contributed by atoms with Crippen molar-refractivity contribution in [2.75, 3.05) is 20.5 Å². The first kappa shape index (κ1) is 21.7. The Morgan fingerprint density at radius 1 is 1.19 bits per heavy atom. The average molecular weight is 450 g/mol. The van der Waals surface area contributed by atoms with Crippen LogP contribution in [0.1, 0.15) is 31.7 Å². The number of alkyl halides is 3. The van der Waals surface area contributed by atoms with Gasteiger partial charge in [-0.2, -0.15) is 13.2 Å². The van der Waals surface area contributed by atoms with Crippen molar-refractivity contribution in [2.45, 2.75) is 49.7 Å². The second-order valence-electron chi connectivity index (χ2n) is 9.05. The lowest BCUT2D eigenvalue weighted by Crippen LogP contribution is -2.63. The molecule has 5 rings (SSSR count). The lowest BCUT2D eigenvalue weighted by Gasteiger charge is -2.60. The maximum atomic E-state index is 14.2. The van der Waals surface area contributed by atoms with E-state index in [0.29, 0.717) is 25.9 Å². The second kappa shape index (κ2) is 7.17. The van der Waals surface area contributed by atoms with E-state index in [-0.39, 0.29) is 23.7 Å². The molecule has 0 N–H and O–H groups in total. The largest absolute Gasteiger partial charge is 0.455 e. The minimum atomic E-state index is -4.99. The summed E-state index contributed by atoms with van der Waals surface area (Å²) in [6.07, 6.45) is 0.0706. The Labute approximate surface area is 184 Å². The molecule has 0 aromatic heterocycles. The summed E-state index contributed by atoms with van der Waals surface area (Å²) in [5.41, 5.74) is -2.32. The van der Waals surface area contributed by atoms with E-state index >= 15 is 0 Å². The standard InChI is InChI=1S/C24H25F3O5/c1-21-10-11-22(21)16(13-30-14-31-22)12-17-18(21)8-9-19(17)32-20(28)23(29-2,24(25,26)27)15-6-4-3-5-7-15/h3-7,10-11,16,19H,8-9,12-14H2,1-2H3/t16-,19+,21?,22?,23+/m0/s1. The zero-order chi connectivity index (χ0) is 22.8. The monoisotopic (exact) mass is 450 g/mol. The van der Waals surface area contributed by atoms with Crippen molar-refractivity contribution in [1.82, 2.24) is 0 Å². The molecule has 0 radical (unpaired) electrons. The van der Waals surface area contributed by atoms with Gasteiger partial charge in [0, 0.05) is 24.0 Å². The Morgan fingerprint density at radius 2 is 1.94 bits per heavy atom. The molecule has 4 aliphatic rings. The lowest BCUT2D eigenvalue weighted by atomic mass is 9.51. The van der Waals surface area contributed by atoms with Crippen LogP contribution < -0.4 is 0 Å². The SMILES string of the molecule is CO[C@@](C(=O)O[C@@H]1CCC2=C1C[C@H]1COCOC13C=CC23C)(c1ccccc1)C(F)(F)F. The number of halogens is 3. The van der Waals surface area contributed by atoms with E-state index in [4.69, 9.17) is 18.9 Å². The summed E-state index contributed by atoms with van der Waals surface area (Å²) in [4.78, 5) is 13.1. The van der Waals surface area contributed by atoms with Gasteiger partial charge in [-0.15, -0.1) is 0 Å². The molecule has 1 saturated heterocycles. The Morgan fingerprint density at radius 3 is 2.56 bits per heavy atom. The van der Waals surface area contributed by atoms with Crippen LogP contribution in [0.3, 0.4) is 0 Å². The predicted molar refractivity (Wildman–Crippen MR) is 107 cm³/mol. The Hall–Kier alpha value is -2.16. The number of methoxy groups -OCH3 is 1. The van der Waals surface area contributed by atoms with Gasteiger partial charge in [-0.3, -0.25) is 0 Å². The molecule has 5 nitrogen and oxygen atoms in total. The highest BCUT2D eigenvalue weighted by Gasteiger charge is 2.66. The number of carbonyl (C=O) groups is 1. The molecule has 8 heteroatoms. The first-order chi connectivity index (χ1) is 15.2. The van der Waals surface area contributed by atoms with Crippen LogP contribution in [0.4, 0.5) is 13.2 Å². The molecule has 1 spiro atoms. The zero-order valence-corrected chi connectivity index (χ0v) is 17.9. The maximum absolute atomic E-state index is 14.2. The van der Waals surface area contributed by atoms with Crippen LogP contribution >= 0.6 is 0 Å². The molecule has 0 bridgehead atoms. The molecule has 1 aromatic rings. The van der Waals surface area contributed by atoms with E-state index in [2.05, 4.69) is 19.1 Å². The van der Waals surface area contributed by atoms with Crippen molar-refractivity contribution in [3.05, 3.63) is 59.2 Å². The van der Waals surface area contributed by atoms with Crippen LogP contribution in [-0.2, 0) is 29.3 Å². The highest BCUT2D eigenvalue weighted by atomic mass is 19.4. The molecule has 0 saturated carbocycles. The van der Waals surface area contributed by atoms with Gasteiger partial charge in [0.25, 0.3) is 5.60 Å². The van der Waals surface area contributed by atoms with Gasteiger partial charge in [-0.25, -0.2) is 4.79 Å². The van der Waals surface area contributed by atoms with Gasteiger partial charge in [0.05, 0.1) is 6.61 Å². The molecule has 1 aromatic carbocycles. The molecule has 0 amide bonds. The van der Waals surface area contributed by atoms with Gasteiger partial charge in [-0.05, 0) is 31.8 Å². The summed E-state index contributed by atoms with van der Waals surface area (Å²) in [6, 6.07) is 6.90. The summed E-state index contributed by atoms with van der Waals surface area (Å²) in [6.45, 7) is 2.80. The van der Waals surface area contributed by atoms with Crippen LogP contribution in [-0.4, -0.2) is 44.4 Å². The van der Waals surface area contributed by atoms with Crippen LogP contribution in [0.2, 0.25) is 0 Å². The number of benzene rings is 1. The van der Waals surface area contributed by atoms with E-state index in [0.717, 1.165) is 18.3 Å². The van der Waals surface area contributed by atoms with Gasteiger partial charge in [0.2, 0.25) is 0 Å². The number of rotatable bonds is 4. The van der Waals surface area contributed by atoms with E-state index < -0.39 is 29.5 Å². The average Bonchev–Trinajstić information content (AvgIpc) is 3.15. The highest BCUT2D eigenvalue weighted by molar-refractivity contribution is 5.83. The van der Waals surface area contributed by atoms with Gasteiger partial charge < -0.3 is 18.9 Å². The minimum Gasteiger partial charge on any atom is -0.455 e. The van der Waals surface area contributed by atoms with Crippen molar-refractivity contribution in [2.24, 2.45) is 11.3 Å². The normalized spacial score (nSPS) is 35.3. The summed E-state index contributed by atoms with van der Waals surface area (Å²) < 4.78 is 64.8. The highest BCUT2D eigenvalue weighted by Crippen LogP contribution is 2.64. The van der Waals surface area contributed by atoms with Crippen LogP contribution in [0, 0.1) is 11.3 Å². The smallest absolute Gasteiger partial charge is 0.432 e. The molecule has 5 atom stereocenters. The van der Waals surface area contributed by atoms with Crippen LogP contribution in [0.5, 0.6) is 0 Å². The number of fused-ring (bicyclic) bond motifs is 1. The number of ether oxygens (including phenoxy) is 4. The Kier molecular flexibility index (Phi) is 4.86. The summed E-state index contributed by atoms with van der Waals surface area (Å²) in [5.74, 6) is -1.42. The topological polar surface area (TPSA) is 54.0 Å². The fourth-order valence-electron chi connectivity index (χ4n) is 6.02. The molecular weight excluding hydrogens is 425 g/mol. The first-order valence-corrected chi connectivity index (χ1v) is 10.7. The van der Waals surface area contributed by atoms with Crippen molar-refractivity contribution in [3.8, 4) is 0 Å². The van der Waals surface area contributed by atoms with Gasteiger partial charge in [-0.1, -0.05) is 48.1 Å². The Bertz CT molecular complexity index is 987. The lowest BCUT2D eigenvalue weighted by molar-refractivity contribution is -0.277. The fourth-order valence-corrected chi connectivity index (χ4v) is 6.02. The quantitative estimate of drug-likeness (QED) is 0.502. The molecule has 172 valence electrons. The number of hydrogen-bond acceptors (Lipinski definition) is 5. The molecule has 3 aliphatic carbocycles. The van der Waals surface area contributed by atoms with Crippen LogP contribution in [0.15, 0.2) is 53.6 Å².